The van der Waals surface area contributed by atoms with Gasteiger partial charge in [-0.05, 0) is 108 Å². The summed E-state index contributed by atoms with van der Waals surface area (Å²) in [4.78, 5) is 32.0. The third-order valence-electron chi connectivity index (χ3n) is 9.54. The molecule has 4 rings (SSSR count). The Kier molecular flexibility index (Phi) is 27.7. The van der Waals surface area contributed by atoms with Gasteiger partial charge in [0.25, 0.3) is 0 Å². The molecule has 0 radical (unpaired) electrons. The van der Waals surface area contributed by atoms with Crippen LogP contribution in [0.15, 0.2) is 72.8 Å². The van der Waals surface area contributed by atoms with E-state index in [0.29, 0.717) is 26.1 Å². The molecule has 0 aromatic heterocycles. The zero-order chi connectivity index (χ0) is 43.0. The molecule has 0 aliphatic rings. The quantitative estimate of drug-likeness (QED) is 0.0341. The van der Waals surface area contributed by atoms with Crippen molar-refractivity contribution >= 4 is 57.0 Å². The van der Waals surface area contributed by atoms with Gasteiger partial charge in [0.2, 0.25) is 0 Å². The number of hydrogen-bond acceptors (Lipinski definition) is 10. The molecule has 14 nitrogen and oxygen atoms in total. The minimum atomic E-state index is -5.06. The van der Waals surface area contributed by atoms with Gasteiger partial charge in [0.05, 0.1) is 13.2 Å². The largest absolute Gasteiger partial charge is 1.00 e. The molecule has 324 valence electrons. The summed E-state index contributed by atoms with van der Waals surface area (Å²) in [6.45, 7) is 5.71. The van der Waals surface area contributed by atoms with Crippen molar-refractivity contribution in [3.8, 4) is 11.5 Å². The predicted molar refractivity (Wildman–Crippen MR) is 224 cm³/mol. The van der Waals surface area contributed by atoms with Gasteiger partial charge in [-0.15, -0.1) is 0 Å². The van der Waals surface area contributed by atoms with Gasteiger partial charge < -0.3 is 38.2 Å². The summed E-state index contributed by atoms with van der Waals surface area (Å²) in [6, 6.07) is 23.1. The molecule has 2 atom stereocenters. The second-order valence-corrected chi connectivity index (χ2v) is 21.8. The molecule has 0 saturated heterocycles. The summed E-state index contributed by atoms with van der Waals surface area (Å²) in [5.74, 6) is 1.62. The summed E-state index contributed by atoms with van der Waals surface area (Å²) >= 11 is 0. The van der Waals surface area contributed by atoms with Crippen molar-refractivity contribution in [2.24, 2.45) is 0 Å². The van der Waals surface area contributed by atoms with Gasteiger partial charge in [-0.2, -0.15) is 0 Å². The molecule has 0 fully saturated rings. The van der Waals surface area contributed by atoms with Crippen molar-refractivity contribution in [2.45, 2.75) is 114 Å². The van der Waals surface area contributed by atoms with E-state index in [1.165, 1.54) is 25.7 Å². The van der Waals surface area contributed by atoms with Gasteiger partial charge in [0.15, 0.2) is 9.98 Å². The van der Waals surface area contributed by atoms with E-state index in [1.807, 2.05) is 72.8 Å². The Morgan fingerprint density at radius 2 is 0.850 bits per heavy atom. The minimum absolute atomic E-state index is 0. The molecule has 4 aromatic rings. The second kappa shape index (κ2) is 28.4. The standard InChI is InChI=1S/2C20H29O7PS.2K/c2*1-2-3-4-5-13-27-19-12-11-17-14-16(9-10-18(17)15-19)7-6-8-20(28(21,22)23)29(24,25)26;;/h2*9-12,14-15,20H,2-8,13H2,1H3,(H2,21,22,23)(H,24,25,26);;/q;;2*+1/p-2. The first-order valence-corrected chi connectivity index (χ1v) is 25.8. The van der Waals surface area contributed by atoms with Crippen molar-refractivity contribution in [1.29, 1.82) is 0 Å². The minimum Gasteiger partial charge on any atom is -0.747 e. The number of benzene rings is 4. The van der Waals surface area contributed by atoms with Crippen LogP contribution in [-0.4, -0.2) is 68.7 Å². The molecule has 0 spiro atoms. The smallest absolute Gasteiger partial charge is 0.747 e. The third-order valence-corrected chi connectivity index (χ3v) is 16.6. The molecule has 2 unspecified atom stereocenters. The summed E-state index contributed by atoms with van der Waals surface area (Å²) < 4.78 is 101. The van der Waals surface area contributed by atoms with E-state index < -0.39 is 45.4 Å². The Bertz CT molecular complexity index is 2070. The zero-order valence-electron chi connectivity index (χ0n) is 35.0. The zero-order valence-corrected chi connectivity index (χ0v) is 44.6. The SMILES string of the molecule is CCCCCCOc1ccc2cc(CCCC(P(=O)(O)O)S(=O)(=O)[O-])ccc2c1.CCCCCCOc1ccc2cc(CCCC(P(=O)(O)O)S(=O)(=O)[O-])ccc2c1.[K+].[K+]. The average Bonchev–Trinajstić information content (AvgIpc) is 3.13. The van der Waals surface area contributed by atoms with E-state index in [0.717, 1.165) is 69.9 Å². The maximum atomic E-state index is 11.3. The Labute approximate surface area is 440 Å². The number of rotatable bonds is 24. The van der Waals surface area contributed by atoms with Crippen molar-refractivity contribution in [2.75, 3.05) is 13.2 Å². The fourth-order valence-corrected chi connectivity index (χ4v) is 11.0. The van der Waals surface area contributed by atoms with Crippen LogP contribution in [0, 0.1) is 0 Å². The molecule has 0 aliphatic heterocycles. The van der Waals surface area contributed by atoms with Gasteiger partial charge >= 0.3 is 118 Å². The number of fused-ring (bicyclic) bond motifs is 2. The van der Waals surface area contributed by atoms with Gasteiger partial charge in [-0.1, -0.05) is 101 Å². The van der Waals surface area contributed by atoms with E-state index in [1.54, 1.807) is 0 Å². The molecule has 0 aliphatic carbocycles. The van der Waals surface area contributed by atoms with Crippen LogP contribution < -0.4 is 112 Å². The van der Waals surface area contributed by atoms with Crippen LogP contribution in [-0.2, 0) is 42.2 Å². The first-order valence-electron chi connectivity index (χ1n) is 19.5. The van der Waals surface area contributed by atoms with E-state index in [-0.39, 0.29) is 128 Å². The Balaban J connectivity index is 0.000000581. The molecule has 0 bridgehead atoms. The fourth-order valence-electron chi connectivity index (χ4n) is 6.40. The van der Waals surface area contributed by atoms with Crippen LogP contribution in [0.25, 0.3) is 21.5 Å². The Morgan fingerprint density at radius 3 is 1.17 bits per heavy atom. The van der Waals surface area contributed by atoms with Crippen LogP contribution in [0.4, 0.5) is 0 Å². The summed E-state index contributed by atoms with van der Waals surface area (Å²) in [7, 11) is -20.1. The molecular weight excluding hydrogens is 909 g/mol. The van der Waals surface area contributed by atoms with Gasteiger partial charge in [0, 0.05) is 0 Å². The topological polar surface area (TPSA) is 248 Å². The molecule has 0 amide bonds. The molecule has 0 heterocycles. The fraction of sp³-hybridized carbons (Fsp3) is 0.500. The van der Waals surface area contributed by atoms with E-state index in [4.69, 9.17) is 29.0 Å². The molecule has 60 heavy (non-hydrogen) atoms. The molecule has 4 N–H and O–H groups in total. The van der Waals surface area contributed by atoms with Gasteiger partial charge in [0.1, 0.15) is 31.7 Å². The predicted octanol–water partition coefficient (Wildman–Crippen LogP) is 2.35. The van der Waals surface area contributed by atoms with Crippen molar-refractivity contribution < 1.29 is 167 Å². The van der Waals surface area contributed by atoms with Crippen molar-refractivity contribution in [3.05, 3.63) is 83.9 Å². The van der Waals surface area contributed by atoms with Crippen molar-refractivity contribution in [3.63, 3.8) is 0 Å². The van der Waals surface area contributed by atoms with E-state index >= 15 is 0 Å². The number of aryl methyl sites for hydroxylation is 2. The third kappa shape index (κ3) is 21.6. The van der Waals surface area contributed by atoms with Gasteiger partial charge in [-0.3, -0.25) is 9.13 Å². The number of unbranched alkanes of at least 4 members (excludes halogenated alkanes) is 6. The van der Waals surface area contributed by atoms with Crippen LogP contribution in [0.2, 0.25) is 0 Å². The maximum Gasteiger partial charge on any atom is 1.00 e. The second-order valence-electron chi connectivity index (χ2n) is 14.4. The van der Waals surface area contributed by atoms with Crippen LogP contribution in [0.5, 0.6) is 11.5 Å². The summed E-state index contributed by atoms with van der Waals surface area (Å²) in [5.41, 5.74) is 1.80. The normalized spacial score (nSPS) is 13.1. The van der Waals surface area contributed by atoms with Crippen LogP contribution in [0.3, 0.4) is 0 Å². The first kappa shape index (κ1) is 58.4. The van der Waals surface area contributed by atoms with Crippen LogP contribution in [0.1, 0.15) is 102 Å². The number of ether oxygens (including phenoxy) is 2. The van der Waals surface area contributed by atoms with E-state index in [9.17, 15) is 35.1 Å². The average molecular weight is 965 g/mol. The van der Waals surface area contributed by atoms with Gasteiger partial charge in [-0.25, -0.2) is 16.8 Å². The molecule has 20 heteroatoms. The van der Waals surface area contributed by atoms with E-state index in [2.05, 4.69) is 13.8 Å². The monoisotopic (exact) mass is 964 g/mol. The summed E-state index contributed by atoms with van der Waals surface area (Å²) in [6.07, 6.45) is 9.60. The molecule has 4 aromatic carbocycles. The molecule has 0 saturated carbocycles. The van der Waals surface area contributed by atoms with Crippen molar-refractivity contribution in [1.82, 2.24) is 0 Å². The molecular formula is C40H56K2O14P2S2. The first-order chi connectivity index (χ1) is 27.2. The Morgan fingerprint density at radius 1 is 0.517 bits per heavy atom. The number of hydrogen-bond donors (Lipinski definition) is 4. The summed E-state index contributed by atoms with van der Waals surface area (Å²) in [5, 5.41) is 4.00. The Hall–Kier alpha value is 0.393. The van der Waals surface area contributed by atoms with Crippen LogP contribution >= 0.6 is 15.2 Å². The maximum absolute atomic E-state index is 11.3.